The molecule has 0 atom stereocenters. The van der Waals surface area contributed by atoms with Gasteiger partial charge in [-0.15, -0.1) is 0 Å². The summed E-state index contributed by atoms with van der Waals surface area (Å²) in [7, 11) is 2.25. The summed E-state index contributed by atoms with van der Waals surface area (Å²) in [5.41, 5.74) is 10.9. The maximum atomic E-state index is 2.58. The van der Waals surface area contributed by atoms with E-state index >= 15 is 0 Å². The highest BCUT2D eigenvalue weighted by Gasteiger charge is 2.44. The molecule has 30 heavy (non-hydrogen) atoms. The highest BCUT2D eigenvalue weighted by Crippen LogP contribution is 2.45. The van der Waals surface area contributed by atoms with Gasteiger partial charge in [0.2, 0.25) is 0 Å². The van der Waals surface area contributed by atoms with E-state index < -0.39 is 0 Å². The Bertz CT molecular complexity index is 1040. The van der Waals surface area contributed by atoms with Crippen LogP contribution in [0.15, 0.2) is 60.7 Å². The number of para-hydroxylation sites is 2. The Kier molecular flexibility index (Phi) is 5.40. The molecule has 0 saturated heterocycles. The number of fused-ring (bicyclic) bond motifs is 1. The molecule has 1 aliphatic heterocycles. The van der Waals surface area contributed by atoms with E-state index in [0.717, 1.165) is 0 Å². The first-order valence-electron chi connectivity index (χ1n) is 11.1. The van der Waals surface area contributed by atoms with Crippen molar-refractivity contribution >= 4 is 29.5 Å². The zero-order valence-corrected chi connectivity index (χ0v) is 19.4. The van der Waals surface area contributed by atoms with Crippen LogP contribution in [0.3, 0.4) is 0 Å². The van der Waals surface area contributed by atoms with Crippen LogP contribution in [-0.2, 0) is 0 Å². The third kappa shape index (κ3) is 3.21. The highest BCUT2D eigenvalue weighted by atomic mass is 15.3. The van der Waals surface area contributed by atoms with Gasteiger partial charge < -0.3 is 9.62 Å². The van der Waals surface area contributed by atoms with Crippen LogP contribution in [0.25, 0.3) is 0 Å². The number of hydrogen-bond donors (Lipinski definition) is 0. The van der Waals surface area contributed by atoms with Crippen LogP contribution in [0, 0.1) is 13.8 Å². The Morgan fingerprint density at radius 2 is 1.20 bits per heavy atom. The van der Waals surface area contributed by atoms with E-state index in [1.54, 1.807) is 0 Å². The lowest BCUT2D eigenvalue weighted by molar-refractivity contribution is 0.844. The lowest BCUT2D eigenvalue weighted by atomic mass is 9.59. The molecule has 0 aromatic heterocycles. The molecule has 154 valence electrons. The van der Waals surface area contributed by atoms with E-state index in [1.807, 2.05) is 0 Å². The molecule has 0 aliphatic carbocycles. The molecule has 0 N–H and O–H groups in total. The van der Waals surface area contributed by atoms with Crippen LogP contribution in [0.4, 0.5) is 17.1 Å². The fourth-order valence-electron chi connectivity index (χ4n) is 4.98. The van der Waals surface area contributed by atoms with Crippen LogP contribution in [0.2, 0.25) is 0 Å². The van der Waals surface area contributed by atoms with Crippen LogP contribution in [-0.4, -0.2) is 14.0 Å². The van der Waals surface area contributed by atoms with Crippen molar-refractivity contribution in [3.05, 3.63) is 82.9 Å². The van der Waals surface area contributed by atoms with Gasteiger partial charge in [0.05, 0.1) is 5.69 Å². The van der Waals surface area contributed by atoms with Gasteiger partial charge in [0.1, 0.15) is 0 Å². The number of nitrogens with zero attached hydrogens (tertiary/aromatic N) is 2. The smallest absolute Gasteiger partial charge is 0.393 e. The second-order valence-corrected chi connectivity index (χ2v) is 9.24. The van der Waals surface area contributed by atoms with Crippen molar-refractivity contribution in [3.8, 4) is 0 Å². The minimum absolute atomic E-state index is 0.137. The van der Waals surface area contributed by atoms with Gasteiger partial charge in [0, 0.05) is 11.4 Å². The van der Waals surface area contributed by atoms with Gasteiger partial charge in [-0.2, -0.15) is 0 Å². The highest BCUT2D eigenvalue weighted by molar-refractivity contribution is 6.84. The summed E-state index contributed by atoms with van der Waals surface area (Å²) in [6.45, 7) is 13.8. The van der Waals surface area contributed by atoms with Crippen molar-refractivity contribution in [2.45, 2.75) is 53.4 Å². The van der Waals surface area contributed by atoms with Crippen LogP contribution >= 0.6 is 0 Å². The van der Waals surface area contributed by atoms with Gasteiger partial charge in [-0.1, -0.05) is 76.2 Å². The third-order valence-electron chi connectivity index (χ3n) is 6.50. The predicted octanol–water partition coefficient (Wildman–Crippen LogP) is 6.53. The van der Waals surface area contributed by atoms with Gasteiger partial charge in [0.25, 0.3) is 0 Å². The van der Waals surface area contributed by atoms with E-state index in [9.17, 15) is 0 Å². The molecular weight excluding hydrogens is 363 g/mol. The monoisotopic (exact) mass is 396 g/mol. The summed E-state index contributed by atoms with van der Waals surface area (Å²) >= 11 is 0. The Labute approximate surface area is 182 Å². The molecule has 3 heteroatoms. The lowest BCUT2D eigenvalue weighted by Crippen LogP contribution is -2.56. The normalized spacial score (nSPS) is 13.6. The molecule has 1 aliphatic rings. The Morgan fingerprint density at radius 1 is 0.667 bits per heavy atom. The Hall–Kier alpha value is -2.68. The number of hydrogen-bond acceptors (Lipinski definition) is 2. The van der Waals surface area contributed by atoms with Gasteiger partial charge in [-0.05, 0) is 72.6 Å². The number of benzene rings is 3. The molecule has 0 saturated carbocycles. The third-order valence-corrected chi connectivity index (χ3v) is 6.50. The van der Waals surface area contributed by atoms with Gasteiger partial charge >= 0.3 is 6.98 Å². The van der Waals surface area contributed by atoms with E-state index in [2.05, 4.69) is 119 Å². The molecule has 3 aromatic rings. The van der Waals surface area contributed by atoms with E-state index in [4.69, 9.17) is 0 Å². The summed E-state index contributed by atoms with van der Waals surface area (Å²) < 4.78 is 0. The molecule has 0 amide bonds. The first-order chi connectivity index (χ1) is 14.3. The largest absolute Gasteiger partial charge is 0.416 e. The number of rotatable bonds is 4. The summed E-state index contributed by atoms with van der Waals surface area (Å²) in [6, 6.07) is 22.3. The van der Waals surface area contributed by atoms with Crippen molar-refractivity contribution < 1.29 is 0 Å². The molecule has 0 bridgehead atoms. The van der Waals surface area contributed by atoms with Crippen molar-refractivity contribution in [2.24, 2.45) is 0 Å². The van der Waals surface area contributed by atoms with Crippen LogP contribution in [0.5, 0.6) is 0 Å². The van der Waals surface area contributed by atoms with Crippen molar-refractivity contribution in [2.75, 3.05) is 16.7 Å². The zero-order chi connectivity index (χ0) is 21.6. The predicted molar refractivity (Wildman–Crippen MR) is 133 cm³/mol. The van der Waals surface area contributed by atoms with Crippen LogP contribution < -0.4 is 15.1 Å². The standard InChI is InChI=1S/C27H33BN2/c1-18(2)22-14-11-15-23(19(3)4)26(22)28-29(7)25-17-10-13-21(6)27(25)30(28)24-16-9-8-12-20(24)5/h8-19H,1-7H3. The second-order valence-electron chi connectivity index (χ2n) is 9.24. The van der Waals surface area contributed by atoms with Crippen molar-refractivity contribution in [3.63, 3.8) is 0 Å². The summed E-state index contributed by atoms with van der Waals surface area (Å²) in [6.07, 6.45) is 0. The minimum Gasteiger partial charge on any atom is -0.393 e. The van der Waals surface area contributed by atoms with Gasteiger partial charge in [-0.25, -0.2) is 0 Å². The maximum absolute atomic E-state index is 2.58. The fourth-order valence-corrected chi connectivity index (χ4v) is 4.98. The lowest BCUT2D eigenvalue weighted by Gasteiger charge is -2.33. The average Bonchev–Trinajstić information content (AvgIpc) is 3.01. The number of aryl methyl sites for hydroxylation is 2. The van der Waals surface area contributed by atoms with Crippen molar-refractivity contribution in [1.82, 2.24) is 0 Å². The van der Waals surface area contributed by atoms with Crippen LogP contribution in [0.1, 0.15) is 61.8 Å². The minimum atomic E-state index is 0.137. The van der Waals surface area contributed by atoms with Gasteiger partial charge in [-0.3, -0.25) is 0 Å². The van der Waals surface area contributed by atoms with E-state index in [-0.39, 0.29) is 6.98 Å². The zero-order valence-electron chi connectivity index (χ0n) is 19.4. The Morgan fingerprint density at radius 3 is 1.80 bits per heavy atom. The molecule has 0 unspecified atom stereocenters. The van der Waals surface area contributed by atoms with E-state index in [1.165, 1.54) is 44.8 Å². The first kappa shape index (κ1) is 20.6. The molecule has 3 aromatic carbocycles. The Balaban J connectivity index is 2.05. The molecular formula is C27H33BN2. The molecule has 0 fully saturated rings. The molecule has 0 radical (unpaired) electrons. The quantitative estimate of drug-likeness (QED) is 0.463. The first-order valence-corrected chi connectivity index (χ1v) is 11.1. The second kappa shape index (κ2) is 7.87. The SMILES string of the molecule is Cc1ccccc1N1B(c2c(C(C)C)cccc2C(C)C)N(C)c2cccc(C)c21. The van der Waals surface area contributed by atoms with E-state index in [0.29, 0.717) is 11.8 Å². The average molecular weight is 396 g/mol. The maximum Gasteiger partial charge on any atom is 0.416 e. The molecule has 2 nitrogen and oxygen atoms in total. The topological polar surface area (TPSA) is 6.48 Å². The fraction of sp³-hybridized carbons (Fsp3) is 0.333. The summed E-state index contributed by atoms with van der Waals surface area (Å²) in [4.78, 5) is 5.05. The summed E-state index contributed by atoms with van der Waals surface area (Å²) in [5, 5.41) is 0. The van der Waals surface area contributed by atoms with Crippen molar-refractivity contribution in [1.29, 1.82) is 0 Å². The van der Waals surface area contributed by atoms with Gasteiger partial charge in [0.15, 0.2) is 0 Å². The molecule has 4 rings (SSSR count). The summed E-state index contributed by atoms with van der Waals surface area (Å²) in [5.74, 6) is 0.936. The number of anilines is 3. The molecule has 1 heterocycles. The molecule has 0 spiro atoms.